The van der Waals surface area contributed by atoms with Gasteiger partial charge in [0, 0.05) is 11.3 Å². The van der Waals surface area contributed by atoms with Gasteiger partial charge in [-0.1, -0.05) is 42.3 Å². The number of halogens is 3. The lowest BCUT2D eigenvalue weighted by Gasteiger charge is -2.23. The number of hydrogen-bond donors (Lipinski definition) is 1. The zero-order valence-electron chi connectivity index (χ0n) is 10.5. The number of benzene rings is 2. The van der Waals surface area contributed by atoms with Gasteiger partial charge in [0.1, 0.15) is 6.04 Å². The fourth-order valence-electron chi connectivity index (χ4n) is 1.87. The molecule has 0 spiro atoms. The van der Waals surface area contributed by atoms with E-state index in [-0.39, 0.29) is 5.56 Å². The Bertz CT molecular complexity index is 612. The van der Waals surface area contributed by atoms with Gasteiger partial charge in [-0.3, -0.25) is 0 Å². The second-order valence-electron chi connectivity index (χ2n) is 4.25. The van der Waals surface area contributed by atoms with Crippen LogP contribution in [-0.4, -0.2) is 6.18 Å². The smallest absolute Gasteiger partial charge is 0.370 e. The standard InChI is InChI=1S/C16H12F3N/c1-2-12-7-6-10-14(11-12)20-15(16(17,18)19)13-8-4-3-5-9-13/h1,3-11,15,20H. The first-order valence-electron chi connectivity index (χ1n) is 5.95. The van der Waals surface area contributed by atoms with Crippen LogP contribution in [0.25, 0.3) is 0 Å². The highest BCUT2D eigenvalue weighted by molar-refractivity contribution is 5.51. The number of anilines is 1. The van der Waals surface area contributed by atoms with Crippen molar-refractivity contribution in [1.82, 2.24) is 0 Å². The number of rotatable bonds is 3. The topological polar surface area (TPSA) is 12.0 Å². The molecule has 0 fully saturated rings. The first kappa shape index (κ1) is 14.0. The van der Waals surface area contributed by atoms with Gasteiger partial charge in [0.15, 0.2) is 0 Å². The Morgan fingerprint density at radius 1 is 1.00 bits per heavy atom. The van der Waals surface area contributed by atoms with E-state index < -0.39 is 12.2 Å². The molecule has 1 unspecified atom stereocenters. The molecule has 1 atom stereocenters. The molecule has 0 aliphatic carbocycles. The molecule has 1 nitrogen and oxygen atoms in total. The second kappa shape index (κ2) is 5.70. The van der Waals surface area contributed by atoms with Crippen LogP contribution in [-0.2, 0) is 0 Å². The minimum Gasteiger partial charge on any atom is -0.370 e. The van der Waals surface area contributed by atoms with Crippen molar-refractivity contribution in [1.29, 1.82) is 0 Å². The van der Waals surface area contributed by atoms with Crippen LogP contribution in [0.4, 0.5) is 18.9 Å². The van der Waals surface area contributed by atoms with Crippen molar-refractivity contribution in [3.63, 3.8) is 0 Å². The summed E-state index contributed by atoms with van der Waals surface area (Å²) in [5.74, 6) is 2.40. The van der Waals surface area contributed by atoms with Crippen LogP contribution in [0.3, 0.4) is 0 Å². The first-order valence-corrected chi connectivity index (χ1v) is 5.95. The molecular weight excluding hydrogens is 263 g/mol. The third-order valence-electron chi connectivity index (χ3n) is 2.80. The zero-order valence-corrected chi connectivity index (χ0v) is 10.5. The van der Waals surface area contributed by atoms with Gasteiger partial charge in [-0.2, -0.15) is 13.2 Å². The van der Waals surface area contributed by atoms with Gasteiger partial charge in [-0.05, 0) is 23.8 Å². The summed E-state index contributed by atoms with van der Waals surface area (Å²) in [6, 6.07) is 12.3. The van der Waals surface area contributed by atoms with Gasteiger partial charge in [0.2, 0.25) is 0 Å². The van der Waals surface area contributed by atoms with Gasteiger partial charge in [-0.15, -0.1) is 6.42 Å². The molecule has 0 aromatic heterocycles. The van der Waals surface area contributed by atoms with Crippen LogP contribution < -0.4 is 5.32 Å². The molecule has 0 heterocycles. The van der Waals surface area contributed by atoms with E-state index >= 15 is 0 Å². The molecule has 0 radical (unpaired) electrons. The summed E-state index contributed by atoms with van der Waals surface area (Å²) in [5, 5.41) is 2.49. The molecule has 1 N–H and O–H groups in total. The highest BCUT2D eigenvalue weighted by Gasteiger charge is 2.40. The van der Waals surface area contributed by atoms with E-state index in [1.807, 2.05) is 0 Å². The molecule has 0 bridgehead atoms. The Morgan fingerprint density at radius 3 is 2.30 bits per heavy atom. The fourth-order valence-corrected chi connectivity index (χ4v) is 1.87. The minimum absolute atomic E-state index is 0.158. The van der Waals surface area contributed by atoms with Gasteiger partial charge in [0.05, 0.1) is 0 Å². The molecule has 20 heavy (non-hydrogen) atoms. The van der Waals surface area contributed by atoms with Gasteiger partial charge >= 0.3 is 6.18 Å². The molecule has 2 rings (SSSR count). The summed E-state index contributed by atoms with van der Waals surface area (Å²) in [5.41, 5.74) is 1.03. The van der Waals surface area contributed by atoms with Crippen molar-refractivity contribution in [2.45, 2.75) is 12.2 Å². The van der Waals surface area contributed by atoms with Crippen molar-refractivity contribution in [3.05, 3.63) is 65.7 Å². The normalized spacial score (nSPS) is 12.5. The molecule has 0 aliphatic heterocycles. The number of terminal acetylenes is 1. The monoisotopic (exact) mass is 275 g/mol. The van der Waals surface area contributed by atoms with Crippen molar-refractivity contribution < 1.29 is 13.2 Å². The Kier molecular flexibility index (Phi) is 3.99. The molecule has 0 saturated carbocycles. The van der Waals surface area contributed by atoms with E-state index in [1.165, 1.54) is 18.2 Å². The summed E-state index contributed by atoms with van der Waals surface area (Å²) < 4.78 is 39.5. The van der Waals surface area contributed by atoms with Gasteiger partial charge < -0.3 is 5.32 Å². The van der Waals surface area contributed by atoms with E-state index in [0.717, 1.165) is 0 Å². The molecular formula is C16H12F3N. The van der Waals surface area contributed by atoms with Crippen LogP contribution in [0, 0.1) is 12.3 Å². The van der Waals surface area contributed by atoms with Crippen LogP contribution >= 0.6 is 0 Å². The van der Waals surface area contributed by atoms with E-state index in [2.05, 4.69) is 11.2 Å². The molecule has 0 aliphatic rings. The summed E-state index contributed by atoms with van der Waals surface area (Å²) in [6.45, 7) is 0. The van der Waals surface area contributed by atoms with E-state index in [9.17, 15) is 13.2 Å². The second-order valence-corrected chi connectivity index (χ2v) is 4.25. The SMILES string of the molecule is C#Cc1cccc(NC(c2ccccc2)C(F)(F)F)c1. The Hall–Kier alpha value is -2.41. The van der Waals surface area contributed by atoms with Gasteiger partial charge in [-0.25, -0.2) is 0 Å². The maximum Gasteiger partial charge on any atom is 0.412 e. The predicted octanol–water partition coefficient (Wildman–Crippen LogP) is 4.38. The Morgan fingerprint density at radius 2 is 1.70 bits per heavy atom. The number of hydrogen-bond acceptors (Lipinski definition) is 1. The van der Waals surface area contributed by atoms with Crippen molar-refractivity contribution in [3.8, 4) is 12.3 Å². The highest BCUT2D eigenvalue weighted by Crippen LogP contribution is 2.35. The molecule has 102 valence electrons. The van der Waals surface area contributed by atoms with Crippen molar-refractivity contribution >= 4 is 5.69 Å². The molecule has 2 aromatic carbocycles. The van der Waals surface area contributed by atoms with Crippen LogP contribution in [0.2, 0.25) is 0 Å². The summed E-state index contributed by atoms with van der Waals surface area (Å²) in [7, 11) is 0. The van der Waals surface area contributed by atoms with E-state index in [4.69, 9.17) is 6.42 Å². The van der Waals surface area contributed by atoms with Crippen LogP contribution in [0.5, 0.6) is 0 Å². The van der Waals surface area contributed by atoms with Crippen molar-refractivity contribution in [2.24, 2.45) is 0 Å². The van der Waals surface area contributed by atoms with E-state index in [1.54, 1.807) is 36.4 Å². The van der Waals surface area contributed by atoms with Crippen molar-refractivity contribution in [2.75, 3.05) is 5.32 Å². The Labute approximate surface area is 115 Å². The summed E-state index contributed by atoms with van der Waals surface area (Å²) in [6.07, 6.45) is 0.851. The summed E-state index contributed by atoms with van der Waals surface area (Å²) in [4.78, 5) is 0. The van der Waals surface area contributed by atoms with Crippen LogP contribution in [0.15, 0.2) is 54.6 Å². The maximum absolute atomic E-state index is 13.2. The minimum atomic E-state index is -4.40. The lowest BCUT2D eigenvalue weighted by atomic mass is 10.1. The quantitative estimate of drug-likeness (QED) is 0.819. The average Bonchev–Trinajstić information content (AvgIpc) is 2.45. The first-order chi connectivity index (χ1) is 9.50. The summed E-state index contributed by atoms with van der Waals surface area (Å²) >= 11 is 0. The number of alkyl halides is 3. The molecule has 0 amide bonds. The largest absolute Gasteiger partial charge is 0.412 e. The fraction of sp³-hybridized carbons (Fsp3) is 0.125. The maximum atomic E-state index is 13.2. The molecule has 4 heteroatoms. The van der Waals surface area contributed by atoms with Gasteiger partial charge in [0.25, 0.3) is 0 Å². The Balaban J connectivity index is 2.32. The third kappa shape index (κ3) is 3.33. The lowest BCUT2D eigenvalue weighted by Crippen LogP contribution is -2.27. The lowest BCUT2D eigenvalue weighted by molar-refractivity contribution is -0.144. The molecule has 0 saturated heterocycles. The van der Waals surface area contributed by atoms with Crippen LogP contribution in [0.1, 0.15) is 17.2 Å². The number of nitrogens with one attached hydrogen (secondary N) is 1. The third-order valence-corrected chi connectivity index (χ3v) is 2.80. The average molecular weight is 275 g/mol. The molecule has 2 aromatic rings. The predicted molar refractivity (Wildman–Crippen MR) is 73.2 cm³/mol. The highest BCUT2D eigenvalue weighted by atomic mass is 19.4. The zero-order chi connectivity index (χ0) is 14.6. The van der Waals surface area contributed by atoms with E-state index in [0.29, 0.717) is 11.3 Å².